The van der Waals surface area contributed by atoms with Crippen LogP contribution in [0, 0.1) is 6.92 Å². The molecule has 0 bridgehead atoms. The first-order valence-corrected chi connectivity index (χ1v) is 12.0. The second-order valence-corrected chi connectivity index (χ2v) is 9.33. The van der Waals surface area contributed by atoms with E-state index in [4.69, 9.17) is 14.2 Å². The molecule has 7 nitrogen and oxygen atoms in total. The van der Waals surface area contributed by atoms with Gasteiger partial charge < -0.3 is 14.2 Å². The fourth-order valence-electron chi connectivity index (χ4n) is 3.79. The number of carbonyl (C=O) groups is 1. The van der Waals surface area contributed by atoms with Gasteiger partial charge in [-0.3, -0.25) is 9.36 Å². The third-order valence-electron chi connectivity index (χ3n) is 5.41. The largest absolute Gasteiger partial charge is 0.497 e. The molecule has 1 aliphatic heterocycles. The summed E-state index contributed by atoms with van der Waals surface area (Å²) in [6.07, 6.45) is 1.88. The maximum atomic E-state index is 13.7. The molecule has 0 aliphatic carbocycles. The third-order valence-corrected chi connectivity index (χ3v) is 7.36. The molecular formula is C24H24N2O5S2. The van der Waals surface area contributed by atoms with Crippen molar-refractivity contribution < 1.29 is 19.0 Å². The van der Waals surface area contributed by atoms with Gasteiger partial charge in [-0.15, -0.1) is 11.3 Å². The lowest BCUT2D eigenvalue weighted by Gasteiger charge is -2.26. The number of hydrogen-bond donors (Lipinski definition) is 0. The average Bonchev–Trinajstić information content (AvgIpc) is 3.34. The highest BCUT2D eigenvalue weighted by Gasteiger charge is 2.35. The highest BCUT2D eigenvalue weighted by Crippen LogP contribution is 2.37. The lowest BCUT2D eigenvalue weighted by atomic mass is 9.95. The monoisotopic (exact) mass is 484 g/mol. The minimum atomic E-state index is -0.767. The summed E-state index contributed by atoms with van der Waals surface area (Å²) in [4.78, 5) is 32.8. The Kier molecular flexibility index (Phi) is 6.53. The Morgan fingerprint density at radius 3 is 2.64 bits per heavy atom. The van der Waals surface area contributed by atoms with Crippen molar-refractivity contribution in [1.82, 2.24) is 4.57 Å². The first-order valence-electron chi connectivity index (χ1n) is 10.3. The van der Waals surface area contributed by atoms with Crippen molar-refractivity contribution in [3.63, 3.8) is 0 Å². The number of thiazole rings is 1. The maximum Gasteiger partial charge on any atom is 0.338 e. The number of fused-ring (bicyclic) bond motifs is 1. The van der Waals surface area contributed by atoms with Crippen LogP contribution in [-0.2, 0) is 9.53 Å². The normalized spacial score (nSPS) is 15.8. The fourth-order valence-corrected chi connectivity index (χ4v) is 5.75. The van der Waals surface area contributed by atoms with Gasteiger partial charge in [0, 0.05) is 10.4 Å². The van der Waals surface area contributed by atoms with Gasteiger partial charge in [-0.25, -0.2) is 9.79 Å². The number of methoxy groups -OCH3 is 2. The fraction of sp³-hybridized carbons (Fsp3) is 0.292. The van der Waals surface area contributed by atoms with Gasteiger partial charge in [0.05, 0.1) is 36.6 Å². The van der Waals surface area contributed by atoms with Crippen LogP contribution in [0.3, 0.4) is 0 Å². The van der Waals surface area contributed by atoms with Gasteiger partial charge in [0.25, 0.3) is 5.56 Å². The van der Waals surface area contributed by atoms with Gasteiger partial charge in [0.2, 0.25) is 0 Å². The Balaban J connectivity index is 2.03. The number of esters is 1. The van der Waals surface area contributed by atoms with E-state index in [1.807, 2.05) is 24.4 Å². The van der Waals surface area contributed by atoms with Gasteiger partial charge in [0.15, 0.2) is 4.80 Å². The van der Waals surface area contributed by atoms with Gasteiger partial charge in [-0.1, -0.05) is 11.3 Å². The second kappa shape index (κ2) is 9.36. The standard InChI is InChI=1S/C24H24N2O5S2/c1-6-31-23(28)20-14(3)25-24-26(21(20)16-11-15(29-4)7-8-17(16)30-5)22(27)19(33-24)12-18-13(2)9-10-32-18/h7-12,21H,6H2,1-5H3/b19-12-/t21-/m0/s1. The zero-order chi connectivity index (χ0) is 23.7. The van der Waals surface area contributed by atoms with Crippen LogP contribution < -0.4 is 24.4 Å². The molecule has 0 saturated heterocycles. The van der Waals surface area contributed by atoms with Crippen molar-refractivity contribution >= 4 is 34.7 Å². The van der Waals surface area contributed by atoms with Crippen molar-refractivity contribution in [2.24, 2.45) is 4.99 Å². The molecule has 1 aromatic carbocycles. The number of allylic oxidation sites excluding steroid dienone is 1. The number of aryl methyl sites for hydroxylation is 1. The van der Waals surface area contributed by atoms with E-state index in [1.54, 1.807) is 62.2 Å². The molecule has 3 aromatic rings. The van der Waals surface area contributed by atoms with E-state index < -0.39 is 12.0 Å². The highest BCUT2D eigenvalue weighted by molar-refractivity contribution is 7.11. The molecule has 0 N–H and O–H groups in total. The summed E-state index contributed by atoms with van der Waals surface area (Å²) in [5.74, 6) is 0.595. The molecule has 3 heterocycles. The minimum absolute atomic E-state index is 0.208. The summed E-state index contributed by atoms with van der Waals surface area (Å²) in [5, 5.41) is 1.99. The lowest BCUT2D eigenvalue weighted by molar-refractivity contribution is -0.139. The number of benzene rings is 1. The van der Waals surface area contributed by atoms with E-state index in [2.05, 4.69) is 4.99 Å². The van der Waals surface area contributed by atoms with E-state index in [0.717, 1.165) is 10.4 Å². The molecule has 9 heteroatoms. The van der Waals surface area contributed by atoms with E-state index in [9.17, 15) is 9.59 Å². The zero-order valence-corrected chi connectivity index (χ0v) is 20.6. The van der Waals surface area contributed by atoms with Gasteiger partial charge in [-0.2, -0.15) is 0 Å². The molecule has 1 aliphatic rings. The quantitative estimate of drug-likeness (QED) is 0.502. The van der Waals surface area contributed by atoms with Gasteiger partial charge in [-0.05, 0) is 62.1 Å². The molecule has 0 fully saturated rings. The van der Waals surface area contributed by atoms with Crippen LogP contribution in [-0.4, -0.2) is 31.4 Å². The molecule has 0 unspecified atom stereocenters. The molecule has 1 atom stereocenters. The first-order chi connectivity index (χ1) is 15.9. The Hall–Kier alpha value is -3.17. The van der Waals surface area contributed by atoms with Crippen LogP contribution in [0.25, 0.3) is 6.08 Å². The van der Waals surface area contributed by atoms with Crippen molar-refractivity contribution in [3.8, 4) is 11.5 Å². The van der Waals surface area contributed by atoms with Crippen LogP contribution in [0.5, 0.6) is 11.5 Å². The van der Waals surface area contributed by atoms with Crippen molar-refractivity contribution in [2.45, 2.75) is 26.8 Å². The number of thiophene rings is 1. The number of hydrogen-bond acceptors (Lipinski definition) is 8. The summed E-state index contributed by atoms with van der Waals surface area (Å²) in [5.41, 5.74) is 2.29. The molecule has 4 rings (SSSR count). The molecule has 0 saturated carbocycles. The van der Waals surface area contributed by atoms with E-state index in [-0.39, 0.29) is 12.2 Å². The summed E-state index contributed by atoms with van der Waals surface area (Å²) >= 11 is 2.87. The minimum Gasteiger partial charge on any atom is -0.497 e. The summed E-state index contributed by atoms with van der Waals surface area (Å²) in [6.45, 7) is 5.71. The smallest absolute Gasteiger partial charge is 0.338 e. The Morgan fingerprint density at radius 1 is 1.21 bits per heavy atom. The van der Waals surface area contributed by atoms with Crippen LogP contribution in [0.1, 0.15) is 35.9 Å². The zero-order valence-electron chi connectivity index (χ0n) is 19.0. The van der Waals surface area contributed by atoms with Crippen LogP contribution in [0.15, 0.2) is 50.7 Å². The third kappa shape index (κ3) is 4.14. The van der Waals surface area contributed by atoms with Crippen molar-refractivity contribution in [1.29, 1.82) is 0 Å². The predicted octanol–water partition coefficient (Wildman–Crippen LogP) is 3.19. The Bertz CT molecular complexity index is 1430. The summed E-state index contributed by atoms with van der Waals surface area (Å²) in [7, 11) is 3.11. The topological polar surface area (TPSA) is 79.1 Å². The average molecular weight is 485 g/mol. The number of carbonyl (C=O) groups excluding carboxylic acids is 1. The Labute approximate surface area is 198 Å². The van der Waals surface area contributed by atoms with Crippen LogP contribution >= 0.6 is 22.7 Å². The van der Waals surface area contributed by atoms with Crippen LogP contribution in [0.4, 0.5) is 0 Å². The van der Waals surface area contributed by atoms with E-state index in [0.29, 0.717) is 37.7 Å². The molecule has 172 valence electrons. The summed E-state index contributed by atoms with van der Waals surface area (Å²) < 4.78 is 18.5. The maximum absolute atomic E-state index is 13.7. The number of nitrogens with zero attached hydrogens (tertiary/aromatic N) is 2. The molecular weight excluding hydrogens is 460 g/mol. The molecule has 33 heavy (non-hydrogen) atoms. The van der Waals surface area contributed by atoms with Crippen molar-refractivity contribution in [2.75, 3.05) is 20.8 Å². The van der Waals surface area contributed by atoms with E-state index >= 15 is 0 Å². The van der Waals surface area contributed by atoms with Crippen LogP contribution in [0.2, 0.25) is 0 Å². The molecule has 0 amide bonds. The van der Waals surface area contributed by atoms with Gasteiger partial charge in [0.1, 0.15) is 17.5 Å². The molecule has 0 radical (unpaired) electrons. The van der Waals surface area contributed by atoms with E-state index in [1.165, 1.54) is 11.3 Å². The highest BCUT2D eigenvalue weighted by atomic mass is 32.1. The number of ether oxygens (including phenoxy) is 3. The number of rotatable bonds is 6. The summed E-state index contributed by atoms with van der Waals surface area (Å²) in [6, 6.07) is 6.56. The SMILES string of the molecule is CCOC(=O)C1=C(C)N=c2s/c(=C\c3sccc3C)c(=O)n2[C@H]1c1cc(OC)ccc1OC. The molecule has 0 spiro atoms. The van der Waals surface area contributed by atoms with Crippen molar-refractivity contribution in [3.05, 3.63) is 76.6 Å². The molecule has 2 aromatic heterocycles. The first kappa shape index (κ1) is 23.0. The Morgan fingerprint density at radius 2 is 2.00 bits per heavy atom. The second-order valence-electron chi connectivity index (χ2n) is 7.38. The number of aromatic nitrogens is 1. The lowest BCUT2D eigenvalue weighted by Crippen LogP contribution is -2.40. The predicted molar refractivity (Wildman–Crippen MR) is 129 cm³/mol. The van der Waals surface area contributed by atoms with Gasteiger partial charge >= 0.3 is 5.97 Å².